The number of nitrogens with two attached hydrogens (primary N) is 1. The highest BCUT2D eigenvalue weighted by molar-refractivity contribution is 7.90. The molecule has 2 bridgehead atoms. The fourth-order valence-corrected chi connectivity index (χ4v) is 7.59. The Morgan fingerprint density at radius 1 is 1.00 bits per heavy atom. The number of fused-ring (bicyclic) bond motifs is 8. The van der Waals surface area contributed by atoms with Crippen molar-refractivity contribution in [3.05, 3.63) is 29.8 Å². The van der Waals surface area contributed by atoms with E-state index < -0.39 is 33.2 Å². The molecule has 5 saturated heterocycles. The molecule has 230 valence electrons. The first-order chi connectivity index (χ1) is 19.9. The second-order valence-electron chi connectivity index (χ2n) is 12.4. The highest BCUT2D eigenvalue weighted by Crippen LogP contribution is 2.31. The molecule has 12 nitrogen and oxygen atoms in total. The van der Waals surface area contributed by atoms with Crippen LogP contribution in [0.2, 0.25) is 0 Å². The lowest BCUT2D eigenvalue weighted by Crippen LogP contribution is -2.61. The van der Waals surface area contributed by atoms with Gasteiger partial charge in [0.2, 0.25) is 23.6 Å². The van der Waals surface area contributed by atoms with Crippen LogP contribution in [0.3, 0.4) is 0 Å². The molecule has 1 aromatic rings. The molecule has 1 aromatic carbocycles. The number of sulfone groups is 1. The normalized spacial score (nSPS) is 26.8. The second kappa shape index (κ2) is 12.3. The van der Waals surface area contributed by atoms with Crippen molar-refractivity contribution in [3.63, 3.8) is 0 Å². The van der Waals surface area contributed by atoms with E-state index in [4.69, 9.17) is 5.73 Å². The Balaban J connectivity index is 1.34. The molecule has 5 aliphatic rings. The van der Waals surface area contributed by atoms with Gasteiger partial charge in [0, 0.05) is 51.4 Å². The Morgan fingerprint density at radius 3 is 2.29 bits per heavy atom. The minimum absolute atomic E-state index is 0.0204. The summed E-state index contributed by atoms with van der Waals surface area (Å²) in [5.41, 5.74) is 5.76. The Hall–Kier alpha value is -3.03. The fourth-order valence-electron chi connectivity index (χ4n) is 6.96. The Morgan fingerprint density at radius 2 is 1.67 bits per heavy atom. The van der Waals surface area contributed by atoms with E-state index in [9.17, 15) is 27.6 Å². The number of nitrogens with zero attached hydrogens (tertiary/aromatic N) is 3. The highest BCUT2D eigenvalue weighted by atomic mass is 32.2. The number of carbonyl (C=O) groups is 4. The number of benzene rings is 1. The lowest BCUT2D eigenvalue weighted by Gasteiger charge is -2.44. The third-order valence-corrected chi connectivity index (χ3v) is 10.5. The molecule has 4 amide bonds. The van der Waals surface area contributed by atoms with Gasteiger partial charge < -0.3 is 21.3 Å². The topological polar surface area (TPSA) is 162 Å². The van der Waals surface area contributed by atoms with Gasteiger partial charge in [-0.2, -0.15) is 0 Å². The molecule has 4 N–H and O–H groups in total. The average Bonchev–Trinajstić information content (AvgIpc) is 3.44. The van der Waals surface area contributed by atoms with E-state index in [2.05, 4.69) is 20.4 Å². The molecule has 0 aliphatic carbocycles. The summed E-state index contributed by atoms with van der Waals surface area (Å²) in [5, 5.41) is 5.98. The van der Waals surface area contributed by atoms with E-state index in [1.165, 1.54) is 6.26 Å². The Bertz CT molecular complexity index is 1300. The fraction of sp³-hybridized carbons (Fsp3) is 0.655. The maximum Gasteiger partial charge on any atom is 0.240 e. The first-order valence-corrected chi connectivity index (χ1v) is 16.8. The highest BCUT2D eigenvalue weighted by Gasteiger charge is 2.44. The van der Waals surface area contributed by atoms with Gasteiger partial charge in [0.25, 0.3) is 0 Å². The summed E-state index contributed by atoms with van der Waals surface area (Å²) >= 11 is 0. The van der Waals surface area contributed by atoms with Crippen LogP contribution in [0.15, 0.2) is 29.2 Å². The van der Waals surface area contributed by atoms with Gasteiger partial charge >= 0.3 is 0 Å². The number of primary amides is 1. The van der Waals surface area contributed by atoms with Crippen molar-refractivity contribution in [1.29, 1.82) is 0 Å². The summed E-state index contributed by atoms with van der Waals surface area (Å²) in [4.78, 5) is 58.9. The van der Waals surface area contributed by atoms with Crippen LogP contribution < -0.4 is 16.4 Å². The van der Waals surface area contributed by atoms with Crippen LogP contribution in [-0.4, -0.2) is 109 Å². The minimum atomic E-state index is -3.27. The molecule has 0 radical (unpaired) electrons. The third kappa shape index (κ3) is 6.95. The third-order valence-electron chi connectivity index (χ3n) is 9.40. The van der Waals surface area contributed by atoms with E-state index in [-0.39, 0.29) is 41.6 Å². The van der Waals surface area contributed by atoms with Crippen LogP contribution >= 0.6 is 0 Å². The minimum Gasteiger partial charge on any atom is -0.368 e. The maximum atomic E-state index is 13.8. The van der Waals surface area contributed by atoms with Crippen molar-refractivity contribution >= 4 is 33.5 Å². The Kier molecular flexibility index (Phi) is 8.91. The molecule has 5 heterocycles. The number of carbonyl (C=O) groups excluding carboxylic acids is 4. The van der Waals surface area contributed by atoms with E-state index in [1.807, 2.05) is 12.1 Å². The zero-order chi connectivity index (χ0) is 30.1. The van der Waals surface area contributed by atoms with Gasteiger partial charge in [0.05, 0.1) is 22.9 Å². The molecule has 0 unspecified atom stereocenters. The largest absolute Gasteiger partial charge is 0.368 e. The van der Waals surface area contributed by atoms with Gasteiger partial charge in [-0.05, 0) is 62.8 Å². The lowest BCUT2D eigenvalue weighted by atomic mass is 9.83. The monoisotopic (exact) mass is 602 g/mol. The van der Waals surface area contributed by atoms with Gasteiger partial charge in [0.15, 0.2) is 9.84 Å². The molecule has 1 spiro atoms. The first-order valence-electron chi connectivity index (χ1n) is 14.9. The smallest absolute Gasteiger partial charge is 0.240 e. The number of hydrogen-bond acceptors (Lipinski definition) is 8. The predicted molar refractivity (Wildman–Crippen MR) is 155 cm³/mol. The molecular formula is C29H42N6O6S. The average molecular weight is 603 g/mol. The van der Waals surface area contributed by atoms with Crippen LogP contribution in [-0.2, 0) is 35.6 Å². The molecule has 0 aromatic heterocycles. The lowest BCUT2D eigenvalue weighted by molar-refractivity contribution is -0.136. The molecular weight excluding hydrogens is 560 g/mol. The summed E-state index contributed by atoms with van der Waals surface area (Å²) in [6.07, 6.45) is 5.24. The molecule has 5 fully saturated rings. The first kappa shape index (κ1) is 30.4. The number of nitrogens with one attached hydrogen (secondary N) is 2. The van der Waals surface area contributed by atoms with Gasteiger partial charge in [-0.15, -0.1) is 0 Å². The van der Waals surface area contributed by atoms with Gasteiger partial charge in [-0.1, -0.05) is 12.1 Å². The summed E-state index contributed by atoms with van der Waals surface area (Å²) in [7, 11) is -3.27. The van der Waals surface area contributed by atoms with Crippen molar-refractivity contribution in [2.24, 2.45) is 5.73 Å². The second-order valence-corrected chi connectivity index (χ2v) is 14.4. The van der Waals surface area contributed by atoms with E-state index >= 15 is 0 Å². The Labute approximate surface area is 247 Å². The van der Waals surface area contributed by atoms with E-state index in [1.54, 1.807) is 17.0 Å². The molecule has 0 saturated carbocycles. The molecule has 13 heteroatoms. The number of rotatable bonds is 4. The number of likely N-dealkylation sites (tertiary alicyclic amines) is 1. The standard InChI is InChI=1S/C29H42N6O6S/c1-42(40,41)22-6-4-20(5-7-22)19-33-15-10-29(11-16-33)18-25(36)31-23(27(30)38)17-26(37)34-13-8-21(9-14-34)35-12-2-3-24(35)28(39)32-29/h4-7,21,23-24H,2-3,8-19H2,1H3,(H2,30,38)(H,31,36)(H,32,39)/t23-,24-/m0/s1. The summed E-state index contributed by atoms with van der Waals surface area (Å²) in [6.45, 7) is 3.77. The predicted octanol–water partition coefficient (Wildman–Crippen LogP) is -0.240. The molecule has 6 rings (SSSR count). The quantitative estimate of drug-likeness (QED) is 0.425. The number of amides is 4. The SMILES string of the molecule is CS(=O)(=O)c1ccc(CN2CCC3(CC2)CC(=O)N[C@H](C(N)=O)CC(=O)N2CCC(CC2)N2CCC[C@H]2C(=O)N3)cc1. The number of hydrogen-bond donors (Lipinski definition) is 3. The van der Waals surface area contributed by atoms with Crippen LogP contribution in [0.5, 0.6) is 0 Å². The summed E-state index contributed by atoms with van der Waals surface area (Å²) in [5.74, 6) is -1.45. The van der Waals surface area contributed by atoms with Crippen LogP contribution in [0.4, 0.5) is 0 Å². The molecule has 2 atom stereocenters. The van der Waals surface area contributed by atoms with Gasteiger partial charge in [-0.3, -0.25) is 29.0 Å². The summed E-state index contributed by atoms with van der Waals surface area (Å²) in [6, 6.07) is 5.66. The van der Waals surface area contributed by atoms with Crippen LogP contribution in [0.1, 0.15) is 56.9 Å². The van der Waals surface area contributed by atoms with Crippen LogP contribution in [0, 0.1) is 0 Å². The van der Waals surface area contributed by atoms with Gasteiger partial charge in [-0.25, -0.2) is 8.42 Å². The van der Waals surface area contributed by atoms with Crippen LogP contribution in [0.25, 0.3) is 0 Å². The zero-order valence-corrected chi connectivity index (χ0v) is 25.0. The van der Waals surface area contributed by atoms with Crippen molar-refractivity contribution < 1.29 is 27.6 Å². The van der Waals surface area contributed by atoms with E-state index in [0.717, 1.165) is 37.8 Å². The summed E-state index contributed by atoms with van der Waals surface area (Å²) < 4.78 is 23.6. The number of piperidine rings is 2. The zero-order valence-electron chi connectivity index (χ0n) is 24.2. The molecule has 42 heavy (non-hydrogen) atoms. The van der Waals surface area contributed by atoms with Gasteiger partial charge in [0.1, 0.15) is 6.04 Å². The maximum absolute atomic E-state index is 13.8. The molecule has 5 aliphatic heterocycles. The van der Waals surface area contributed by atoms with Crippen molar-refractivity contribution in [2.75, 3.05) is 39.0 Å². The van der Waals surface area contributed by atoms with Crippen molar-refractivity contribution in [2.45, 2.75) is 86.5 Å². The van der Waals surface area contributed by atoms with Crippen molar-refractivity contribution in [1.82, 2.24) is 25.3 Å². The van der Waals surface area contributed by atoms with E-state index in [0.29, 0.717) is 45.6 Å². The van der Waals surface area contributed by atoms with Crippen molar-refractivity contribution in [3.8, 4) is 0 Å².